The summed E-state index contributed by atoms with van der Waals surface area (Å²) < 4.78 is 5.74. The first-order valence-electron chi connectivity index (χ1n) is 9.87. The van der Waals surface area contributed by atoms with Crippen LogP contribution in [0.15, 0.2) is 28.2 Å². The molecule has 0 amide bonds. The van der Waals surface area contributed by atoms with Gasteiger partial charge < -0.3 is 30.9 Å². The molecule has 174 valence electrons. The lowest BCUT2D eigenvalue weighted by atomic mass is 9.79. The molecule has 0 bridgehead atoms. The molecule has 3 aliphatic heterocycles. The highest BCUT2D eigenvalue weighted by atomic mass is 35.5. The van der Waals surface area contributed by atoms with E-state index in [2.05, 4.69) is 15.3 Å². The number of aliphatic hydroxyl groups is 2. The second-order valence-electron chi connectivity index (χ2n) is 8.13. The van der Waals surface area contributed by atoms with Crippen LogP contribution in [0.25, 0.3) is 0 Å². The van der Waals surface area contributed by atoms with Crippen molar-refractivity contribution in [3.63, 3.8) is 0 Å². The van der Waals surface area contributed by atoms with Crippen molar-refractivity contribution in [2.45, 2.75) is 49.3 Å². The van der Waals surface area contributed by atoms with Crippen LogP contribution in [0.3, 0.4) is 0 Å². The second-order valence-corrected chi connectivity index (χ2v) is 8.91. The van der Waals surface area contributed by atoms with Gasteiger partial charge in [0.15, 0.2) is 17.7 Å². The van der Waals surface area contributed by atoms with Gasteiger partial charge in [-0.25, -0.2) is 9.79 Å². The van der Waals surface area contributed by atoms with Gasteiger partial charge in [0.25, 0.3) is 0 Å². The normalized spacial score (nSPS) is 37.1. The van der Waals surface area contributed by atoms with Crippen molar-refractivity contribution in [3.05, 3.63) is 33.8 Å². The quantitative estimate of drug-likeness (QED) is 0.371. The molecule has 3 heterocycles. The summed E-state index contributed by atoms with van der Waals surface area (Å²) >= 11 is 12.2. The lowest BCUT2D eigenvalue weighted by Gasteiger charge is -2.51. The van der Waals surface area contributed by atoms with Crippen molar-refractivity contribution in [1.29, 1.82) is 0 Å². The highest BCUT2D eigenvalue weighted by Crippen LogP contribution is 2.52. The predicted octanol–water partition coefficient (Wildman–Crippen LogP) is 0.00820. The van der Waals surface area contributed by atoms with Gasteiger partial charge in [-0.1, -0.05) is 29.3 Å². The zero-order valence-electron chi connectivity index (χ0n) is 17.5. The number of aliphatic hydroxyl groups excluding tert-OH is 1. The molecule has 1 aromatic rings. The molecule has 0 saturated carbocycles. The SMILES string of the molecule is CN=C1NC2C(CO)N=C(N)N3C(C)[C@H](OC(=O)c4cccc(Cl)c4Cl)[C@](C)(O)C23N1O. The lowest BCUT2D eigenvalue weighted by molar-refractivity contribution is -0.225. The van der Waals surface area contributed by atoms with E-state index in [1.807, 2.05) is 0 Å². The fraction of sp³-hybridized carbons (Fsp3) is 0.526. The number of nitrogens with two attached hydrogens (primary N) is 1. The second kappa shape index (κ2) is 7.63. The number of hydrogen-bond donors (Lipinski definition) is 5. The molecule has 4 unspecified atom stereocenters. The number of rotatable bonds is 3. The van der Waals surface area contributed by atoms with Crippen LogP contribution in [0, 0.1) is 0 Å². The van der Waals surface area contributed by atoms with Gasteiger partial charge in [-0.3, -0.25) is 10.2 Å². The maximum absolute atomic E-state index is 13.0. The van der Waals surface area contributed by atoms with Crippen molar-refractivity contribution in [1.82, 2.24) is 15.3 Å². The Morgan fingerprint density at radius 3 is 2.75 bits per heavy atom. The number of carbonyl (C=O) groups excluding carboxylic acids is 1. The Balaban J connectivity index is 1.81. The minimum Gasteiger partial charge on any atom is -0.453 e. The molecule has 6 N–H and O–H groups in total. The van der Waals surface area contributed by atoms with Crippen molar-refractivity contribution in [2.75, 3.05) is 13.7 Å². The Morgan fingerprint density at radius 1 is 1.44 bits per heavy atom. The number of hydroxylamine groups is 2. The third-order valence-electron chi connectivity index (χ3n) is 6.49. The van der Waals surface area contributed by atoms with E-state index in [1.165, 1.54) is 31.0 Å². The Labute approximate surface area is 194 Å². The third kappa shape index (κ3) is 2.75. The van der Waals surface area contributed by atoms with E-state index in [1.54, 1.807) is 13.0 Å². The van der Waals surface area contributed by atoms with Gasteiger partial charge >= 0.3 is 5.97 Å². The van der Waals surface area contributed by atoms with Crippen molar-refractivity contribution >= 4 is 41.1 Å². The summed E-state index contributed by atoms with van der Waals surface area (Å²) in [6, 6.07) is 2.16. The molecule has 13 heteroatoms. The summed E-state index contributed by atoms with van der Waals surface area (Å²) in [6.07, 6.45) is -1.19. The van der Waals surface area contributed by atoms with Crippen LogP contribution < -0.4 is 11.1 Å². The molecule has 2 fully saturated rings. The van der Waals surface area contributed by atoms with E-state index in [-0.39, 0.29) is 27.5 Å². The van der Waals surface area contributed by atoms with Crippen LogP contribution >= 0.6 is 23.2 Å². The predicted molar refractivity (Wildman–Crippen MR) is 117 cm³/mol. The molecule has 1 spiro atoms. The summed E-state index contributed by atoms with van der Waals surface area (Å²) in [5.41, 5.74) is 2.65. The number of ether oxygens (including phenoxy) is 1. The van der Waals surface area contributed by atoms with Crippen LogP contribution in [-0.2, 0) is 4.74 Å². The molecule has 0 radical (unpaired) electrons. The first-order chi connectivity index (χ1) is 15.0. The molecule has 3 aliphatic rings. The molecule has 4 rings (SSSR count). The molecule has 32 heavy (non-hydrogen) atoms. The van der Waals surface area contributed by atoms with Crippen molar-refractivity contribution in [3.8, 4) is 0 Å². The number of nitrogens with one attached hydrogen (secondary N) is 1. The lowest BCUT2D eigenvalue weighted by Crippen LogP contribution is -2.77. The fourth-order valence-electron chi connectivity index (χ4n) is 5.16. The maximum Gasteiger partial charge on any atom is 0.340 e. The van der Waals surface area contributed by atoms with Gasteiger partial charge in [0, 0.05) is 7.05 Å². The monoisotopic (exact) mass is 486 g/mol. The summed E-state index contributed by atoms with van der Waals surface area (Å²) in [4.78, 5) is 22.8. The van der Waals surface area contributed by atoms with Gasteiger partial charge in [0.2, 0.25) is 5.96 Å². The van der Waals surface area contributed by atoms with Crippen LogP contribution in [0.2, 0.25) is 10.0 Å². The molecule has 2 saturated heterocycles. The van der Waals surface area contributed by atoms with E-state index >= 15 is 0 Å². The Kier molecular flexibility index (Phi) is 5.45. The third-order valence-corrected chi connectivity index (χ3v) is 7.31. The van der Waals surface area contributed by atoms with E-state index in [9.17, 15) is 20.2 Å². The van der Waals surface area contributed by atoms with E-state index in [0.29, 0.717) is 0 Å². The Bertz CT molecular complexity index is 1020. The van der Waals surface area contributed by atoms with E-state index in [0.717, 1.165) is 5.06 Å². The topological polar surface area (TPSA) is 156 Å². The average molecular weight is 487 g/mol. The molecular formula is C19H24Cl2N6O5. The number of hydrogen-bond acceptors (Lipinski definition) is 9. The number of halogens is 2. The summed E-state index contributed by atoms with van der Waals surface area (Å²) in [5.74, 6) is -0.803. The van der Waals surface area contributed by atoms with E-state index < -0.39 is 48.1 Å². The number of carbonyl (C=O) groups is 1. The Morgan fingerprint density at radius 2 is 2.12 bits per heavy atom. The average Bonchev–Trinajstić information content (AvgIpc) is 3.14. The summed E-state index contributed by atoms with van der Waals surface area (Å²) in [6.45, 7) is 2.69. The fourth-order valence-corrected chi connectivity index (χ4v) is 5.53. The van der Waals surface area contributed by atoms with Gasteiger partial charge in [0.05, 0.1) is 28.3 Å². The highest BCUT2D eigenvalue weighted by molar-refractivity contribution is 6.43. The van der Waals surface area contributed by atoms with Crippen LogP contribution in [0.5, 0.6) is 0 Å². The van der Waals surface area contributed by atoms with E-state index in [4.69, 9.17) is 33.7 Å². The van der Waals surface area contributed by atoms with Crippen molar-refractivity contribution in [2.24, 2.45) is 15.7 Å². The zero-order valence-corrected chi connectivity index (χ0v) is 19.0. The van der Waals surface area contributed by atoms with Crippen LogP contribution in [-0.4, -0.2) is 92.4 Å². The van der Waals surface area contributed by atoms with Crippen LogP contribution in [0.1, 0.15) is 24.2 Å². The number of benzene rings is 1. The van der Waals surface area contributed by atoms with Gasteiger partial charge in [0.1, 0.15) is 17.7 Å². The number of nitrogens with zero attached hydrogens (tertiary/aromatic N) is 4. The first kappa shape index (κ1) is 22.9. The standard InChI is InChI=1S/C19H24Cl2N6O5/c1-8-14(32-15(29)9-5-4-6-10(20)12(9)21)18(2,30)19-13(25-17(23-3)27(19)31)11(7-28)24-16(22)26(8)19/h4-6,8,11,13-14,28,30-31H,7H2,1-3H3,(H2,22,24)(H,23,25)/t8?,11?,13?,14-,18-,19?/m0/s1. The molecule has 6 atom stereocenters. The van der Waals surface area contributed by atoms with Crippen molar-refractivity contribution < 1.29 is 25.0 Å². The molecule has 0 aromatic heterocycles. The smallest absolute Gasteiger partial charge is 0.340 e. The summed E-state index contributed by atoms with van der Waals surface area (Å²) in [7, 11) is 1.45. The number of guanidine groups is 2. The number of esters is 1. The highest BCUT2D eigenvalue weighted by Gasteiger charge is 2.78. The maximum atomic E-state index is 13.0. The van der Waals surface area contributed by atoms with Gasteiger partial charge in [-0.15, -0.1) is 0 Å². The molecular weight excluding hydrogens is 463 g/mol. The number of aliphatic imine (C=N–C) groups is 2. The molecule has 1 aromatic carbocycles. The molecule has 0 aliphatic carbocycles. The largest absolute Gasteiger partial charge is 0.453 e. The van der Waals surface area contributed by atoms with Gasteiger partial charge in [-0.2, -0.15) is 5.06 Å². The minimum absolute atomic E-state index is 0.0198. The zero-order chi connectivity index (χ0) is 23.6. The molecule has 11 nitrogen and oxygen atoms in total. The summed E-state index contributed by atoms with van der Waals surface area (Å²) in [5, 5.41) is 36.9. The minimum atomic E-state index is -1.92. The van der Waals surface area contributed by atoms with Gasteiger partial charge in [-0.05, 0) is 26.0 Å². The van der Waals surface area contributed by atoms with Crippen LogP contribution in [0.4, 0.5) is 0 Å². The first-order valence-corrected chi connectivity index (χ1v) is 10.6. The Hall–Kier alpha value is -2.31.